The van der Waals surface area contributed by atoms with E-state index < -0.39 is 21.8 Å². The summed E-state index contributed by atoms with van der Waals surface area (Å²) < 4.78 is 5.06. The number of fused-ring (bicyclic) bond motifs is 1. The van der Waals surface area contributed by atoms with Gasteiger partial charge in [0, 0.05) is 0 Å². The summed E-state index contributed by atoms with van der Waals surface area (Å²) in [6.45, 7) is 15.4. The zero-order valence-electron chi connectivity index (χ0n) is 15.0. The summed E-state index contributed by atoms with van der Waals surface area (Å²) >= 11 is -0.431. The van der Waals surface area contributed by atoms with Crippen LogP contribution in [0.2, 0.25) is 13.1 Å². The number of aryl methyl sites for hydroxylation is 2. The maximum absolute atomic E-state index is 7.52. The molecule has 1 aliphatic rings. The van der Waals surface area contributed by atoms with Gasteiger partial charge in [0.1, 0.15) is 0 Å². The van der Waals surface area contributed by atoms with E-state index in [2.05, 4.69) is 85.1 Å². The quantitative estimate of drug-likeness (QED) is 0.461. The Morgan fingerprint density at radius 1 is 1.13 bits per heavy atom. The number of halogens is 3. The number of rotatable bonds is 3. The number of hydrogen-bond acceptors (Lipinski definition) is 1. The van der Waals surface area contributed by atoms with Gasteiger partial charge in [-0.3, -0.25) is 0 Å². The predicted octanol–water partition coefficient (Wildman–Crippen LogP) is 6.38. The Balaban J connectivity index is 2.74. The first-order valence-corrected chi connectivity index (χ1v) is 25.0. The fourth-order valence-electron chi connectivity index (χ4n) is 3.57. The third-order valence-corrected chi connectivity index (χ3v) is 53.3. The average Bonchev–Trinajstić information content (AvgIpc) is 2.71. The summed E-state index contributed by atoms with van der Waals surface area (Å²) in [4.78, 5) is 0. The molecular weight excluding hydrogens is 488 g/mol. The second kappa shape index (κ2) is 6.35. The molecule has 1 N–H and O–H groups in total. The van der Waals surface area contributed by atoms with Gasteiger partial charge in [0.05, 0.1) is 0 Å². The average molecular weight is 516 g/mol. The van der Waals surface area contributed by atoms with Crippen molar-refractivity contribution in [1.29, 1.82) is 0 Å². The number of benzene rings is 1. The summed E-state index contributed by atoms with van der Waals surface area (Å²) in [5.41, 5.74) is 5.12. The van der Waals surface area contributed by atoms with Crippen LogP contribution in [-0.2, 0) is 15.8 Å². The summed E-state index contributed by atoms with van der Waals surface area (Å²) in [6.07, 6.45) is 2.24. The minimum atomic E-state index is -4.26. The molecule has 0 amide bonds. The van der Waals surface area contributed by atoms with Crippen molar-refractivity contribution in [2.75, 3.05) is 0 Å². The normalized spacial score (nSPS) is 20.2. The Morgan fingerprint density at radius 2 is 1.65 bits per heavy atom. The summed E-state index contributed by atoms with van der Waals surface area (Å²) in [6, 6.07) is 4.38. The van der Waals surface area contributed by atoms with E-state index in [1.54, 1.807) is 0 Å². The molecule has 0 bridgehead atoms. The zero-order chi connectivity index (χ0) is 17.8. The van der Waals surface area contributed by atoms with Crippen molar-refractivity contribution in [1.82, 2.24) is 3.26 Å². The molecule has 0 aromatic heterocycles. The van der Waals surface area contributed by atoms with Crippen molar-refractivity contribution < 1.29 is 15.8 Å². The predicted molar refractivity (Wildman–Crippen MR) is 109 cm³/mol. The third kappa shape index (κ3) is 3.64. The van der Waals surface area contributed by atoms with Crippen LogP contribution in [0.3, 0.4) is 0 Å². The molecule has 0 aliphatic heterocycles. The van der Waals surface area contributed by atoms with Gasteiger partial charge in [0.2, 0.25) is 0 Å². The molecule has 23 heavy (non-hydrogen) atoms. The van der Waals surface area contributed by atoms with Crippen molar-refractivity contribution in [3.63, 3.8) is 0 Å². The Bertz CT molecular complexity index is 680. The molecule has 1 aliphatic carbocycles. The first kappa shape index (κ1) is 20.4. The molecule has 1 aromatic carbocycles. The van der Waals surface area contributed by atoms with E-state index >= 15 is 0 Å². The first-order valence-electron chi connectivity index (χ1n) is 8.11. The van der Waals surface area contributed by atoms with Crippen LogP contribution in [0.25, 0.3) is 6.08 Å². The van der Waals surface area contributed by atoms with Crippen molar-refractivity contribution in [2.24, 2.45) is 0 Å². The van der Waals surface area contributed by atoms with Crippen molar-refractivity contribution >= 4 is 45.0 Å². The first-order chi connectivity index (χ1) is 10.3. The maximum atomic E-state index is 7.52. The Kier molecular flexibility index (Phi) is 5.63. The van der Waals surface area contributed by atoms with E-state index in [0.717, 1.165) is 4.48 Å². The topological polar surface area (TPSA) is 12.0 Å². The van der Waals surface area contributed by atoms with Crippen LogP contribution in [0.15, 0.2) is 16.6 Å². The van der Waals surface area contributed by atoms with E-state index in [4.69, 9.17) is 17.0 Å². The molecule has 1 unspecified atom stereocenters. The van der Waals surface area contributed by atoms with E-state index in [1.807, 2.05) is 0 Å². The van der Waals surface area contributed by atoms with Gasteiger partial charge in [0.25, 0.3) is 0 Å². The van der Waals surface area contributed by atoms with Crippen LogP contribution in [0.4, 0.5) is 0 Å². The molecule has 0 fully saturated rings. The molecule has 0 heterocycles. The Morgan fingerprint density at radius 3 is 2.13 bits per heavy atom. The molecule has 6 heteroatoms. The Hall–Kier alpha value is 1.08. The van der Waals surface area contributed by atoms with Crippen molar-refractivity contribution in [3.8, 4) is 0 Å². The number of allylic oxidation sites excluding steroid dienone is 1. The number of hydrogen-bond donors (Lipinski definition) is 1. The number of nitrogens with one attached hydrogen (secondary N) is 1. The summed E-state index contributed by atoms with van der Waals surface area (Å²) in [5, 5.41) is 0. The minimum absolute atomic E-state index is 0.0974. The van der Waals surface area contributed by atoms with Crippen molar-refractivity contribution in [3.05, 3.63) is 38.9 Å². The molecule has 2 rings (SSSR count). The van der Waals surface area contributed by atoms with Gasteiger partial charge < -0.3 is 0 Å². The SMILES string of the molecule is Cc1ccc(C)c2c1C=C(Br)[CH]2[Zr]([Cl])([Cl])([NH]C(C)(C)C)[SiH](C)C. The van der Waals surface area contributed by atoms with Crippen LogP contribution in [0.1, 0.15) is 46.7 Å². The molecule has 1 aromatic rings. The molecule has 1 nitrogen and oxygen atoms in total. The van der Waals surface area contributed by atoms with Gasteiger partial charge in [-0.05, 0) is 0 Å². The van der Waals surface area contributed by atoms with Gasteiger partial charge in [0.15, 0.2) is 0 Å². The van der Waals surface area contributed by atoms with E-state index in [9.17, 15) is 0 Å². The van der Waals surface area contributed by atoms with Gasteiger partial charge >= 0.3 is 160 Å². The fourth-order valence-corrected chi connectivity index (χ4v) is 36.1. The molecular formula is C17H27BrCl2NSiZr. The van der Waals surface area contributed by atoms with Gasteiger partial charge in [-0.25, -0.2) is 0 Å². The van der Waals surface area contributed by atoms with E-state index in [-0.39, 0.29) is 9.16 Å². The van der Waals surface area contributed by atoms with Gasteiger partial charge in [-0.2, -0.15) is 0 Å². The third-order valence-electron chi connectivity index (χ3n) is 4.77. The molecule has 129 valence electrons. The fraction of sp³-hybridized carbons (Fsp3) is 0.529. The zero-order valence-corrected chi connectivity index (χ0v) is 21.7. The Labute approximate surface area is 158 Å². The van der Waals surface area contributed by atoms with Crippen LogP contribution < -0.4 is 3.26 Å². The van der Waals surface area contributed by atoms with Crippen molar-refractivity contribution in [2.45, 2.75) is 56.9 Å². The standard InChI is InChI=1S/C11H10Br.C4H10N.C2H7Si.2ClH.Zr/c1-7-3-4-8(2)11-6-9(12)5-10(7)11;1-4(2,3)5;1-3-2;;;/h3-6H,1-2H3;5H,1-3H3;3H,1-2H3;2*1H;/q;-1;;;;+3/p-2. The second-order valence-electron chi connectivity index (χ2n) is 8.17. The van der Waals surface area contributed by atoms with E-state index in [0.29, 0.717) is 0 Å². The van der Waals surface area contributed by atoms with E-state index in [1.165, 1.54) is 22.3 Å². The molecule has 1 atom stereocenters. The summed E-state index contributed by atoms with van der Waals surface area (Å²) in [5.74, 6) is -1.34. The molecule has 0 saturated carbocycles. The van der Waals surface area contributed by atoms with Crippen LogP contribution >= 0.6 is 33.0 Å². The van der Waals surface area contributed by atoms with Crippen LogP contribution in [0, 0.1) is 13.8 Å². The van der Waals surface area contributed by atoms with Gasteiger partial charge in [-0.1, -0.05) is 0 Å². The molecule has 0 spiro atoms. The van der Waals surface area contributed by atoms with Crippen LogP contribution in [0.5, 0.6) is 0 Å². The van der Waals surface area contributed by atoms with Gasteiger partial charge in [-0.15, -0.1) is 0 Å². The second-order valence-corrected chi connectivity index (χ2v) is 49.8. The molecule has 0 radical (unpaired) electrons. The molecule has 0 saturated heterocycles. The summed E-state index contributed by atoms with van der Waals surface area (Å²) in [7, 11) is 15.0. The monoisotopic (exact) mass is 512 g/mol. The van der Waals surface area contributed by atoms with Crippen LogP contribution in [-0.4, -0.2) is 11.5 Å².